The molecule has 2 N–H and O–H groups in total. The maximum Gasteiger partial charge on any atom is 0.232 e. The number of anilines is 3. The summed E-state index contributed by atoms with van der Waals surface area (Å²) in [6.07, 6.45) is 3.56. The average molecular weight is 294 g/mol. The molecule has 120 valence electrons. The maximum absolute atomic E-state index is 5.88. The molecular formula is C15H30N6. The summed E-state index contributed by atoms with van der Waals surface area (Å²) in [7, 11) is 0. The van der Waals surface area contributed by atoms with Gasteiger partial charge in [-0.1, -0.05) is 19.8 Å². The molecule has 0 spiro atoms. The van der Waals surface area contributed by atoms with E-state index in [9.17, 15) is 0 Å². The molecule has 0 radical (unpaired) electrons. The third-order valence-electron chi connectivity index (χ3n) is 3.56. The minimum absolute atomic E-state index is 0.294. The van der Waals surface area contributed by atoms with Gasteiger partial charge in [-0.15, -0.1) is 0 Å². The zero-order valence-electron chi connectivity index (χ0n) is 14.1. The number of aromatic nitrogens is 3. The molecule has 0 aliphatic rings. The Hall–Kier alpha value is -1.59. The Labute approximate surface area is 128 Å². The van der Waals surface area contributed by atoms with Crippen LogP contribution in [0, 0.1) is 0 Å². The predicted molar refractivity (Wildman–Crippen MR) is 89.8 cm³/mol. The highest BCUT2D eigenvalue weighted by Gasteiger charge is 2.17. The van der Waals surface area contributed by atoms with Gasteiger partial charge in [0, 0.05) is 25.7 Å². The first-order chi connectivity index (χ1) is 10.0. The lowest BCUT2D eigenvalue weighted by Gasteiger charge is -2.28. The summed E-state index contributed by atoms with van der Waals surface area (Å²) in [5.41, 5.74) is 5.88. The lowest BCUT2D eigenvalue weighted by Crippen LogP contribution is -2.34. The summed E-state index contributed by atoms with van der Waals surface area (Å²) in [5, 5.41) is 0. The molecule has 6 heteroatoms. The van der Waals surface area contributed by atoms with Crippen molar-refractivity contribution >= 4 is 17.8 Å². The Kier molecular flexibility index (Phi) is 7.19. The van der Waals surface area contributed by atoms with Gasteiger partial charge in [0.1, 0.15) is 0 Å². The first kappa shape index (κ1) is 17.5. The van der Waals surface area contributed by atoms with E-state index in [4.69, 9.17) is 5.73 Å². The Morgan fingerprint density at radius 1 is 0.952 bits per heavy atom. The number of nitrogen functional groups attached to an aromatic ring is 1. The van der Waals surface area contributed by atoms with Gasteiger partial charge in [0.15, 0.2) is 0 Å². The van der Waals surface area contributed by atoms with Gasteiger partial charge in [0.2, 0.25) is 17.8 Å². The van der Waals surface area contributed by atoms with Crippen LogP contribution in [0.15, 0.2) is 0 Å². The molecule has 0 atom stereocenters. The Balaban J connectivity index is 3.01. The SMILES string of the molecule is CCCCCN(c1nc(N)nc(N(CC)CC)n1)C(C)C. The van der Waals surface area contributed by atoms with Crippen molar-refractivity contribution in [3.63, 3.8) is 0 Å². The van der Waals surface area contributed by atoms with Gasteiger partial charge in [0.05, 0.1) is 0 Å². The first-order valence-corrected chi connectivity index (χ1v) is 8.06. The highest BCUT2D eigenvalue weighted by atomic mass is 15.4. The van der Waals surface area contributed by atoms with Crippen molar-refractivity contribution in [2.45, 2.75) is 59.9 Å². The van der Waals surface area contributed by atoms with Gasteiger partial charge >= 0.3 is 0 Å². The van der Waals surface area contributed by atoms with Gasteiger partial charge < -0.3 is 15.5 Å². The van der Waals surface area contributed by atoms with Crippen molar-refractivity contribution in [1.82, 2.24) is 15.0 Å². The predicted octanol–water partition coefficient (Wildman–Crippen LogP) is 2.71. The zero-order valence-corrected chi connectivity index (χ0v) is 14.1. The van der Waals surface area contributed by atoms with E-state index < -0.39 is 0 Å². The summed E-state index contributed by atoms with van der Waals surface area (Å²) >= 11 is 0. The van der Waals surface area contributed by atoms with Gasteiger partial charge in [-0.05, 0) is 34.1 Å². The summed E-state index contributed by atoms with van der Waals surface area (Å²) in [6.45, 7) is 13.4. The van der Waals surface area contributed by atoms with Crippen LogP contribution >= 0.6 is 0 Å². The van der Waals surface area contributed by atoms with Crippen molar-refractivity contribution in [1.29, 1.82) is 0 Å². The Morgan fingerprint density at radius 2 is 1.57 bits per heavy atom. The van der Waals surface area contributed by atoms with Crippen LogP contribution in [0.25, 0.3) is 0 Å². The molecular weight excluding hydrogens is 264 g/mol. The molecule has 0 aliphatic heterocycles. The van der Waals surface area contributed by atoms with E-state index in [1.165, 1.54) is 12.8 Å². The van der Waals surface area contributed by atoms with E-state index in [1.54, 1.807) is 0 Å². The molecule has 21 heavy (non-hydrogen) atoms. The highest BCUT2D eigenvalue weighted by Crippen LogP contribution is 2.18. The Morgan fingerprint density at radius 3 is 2.10 bits per heavy atom. The average Bonchev–Trinajstić information content (AvgIpc) is 2.44. The van der Waals surface area contributed by atoms with E-state index in [2.05, 4.69) is 59.4 Å². The number of rotatable bonds is 9. The fourth-order valence-electron chi connectivity index (χ4n) is 2.27. The summed E-state index contributed by atoms with van der Waals surface area (Å²) in [4.78, 5) is 17.5. The molecule has 1 rings (SSSR count). The molecule has 0 bridgehead atoms. The number of hydrogen-bond acceptors (Lipinski definition) is 6. The smallest absolute Gasteiger partial charge is 0.232 e. The summed E-state index contributed by atoms with van der Waals surface area (Å²) in [6, 6.07) is 0.341. The second kappa shape index (κ2) is 8.64. The van der Waals surface area contributed by atoms with Crippen molar-refractivity contribution in [3.8, 4) is 0 Å². The largest absolute Gasteiger partial charge is 0.368 e. The fraction of sp³-hybridized carbons (Fsp3) is 0.800. The first-order valence-electron chi connectivity index (χ1n) is 8.06. The number of nitrogens with two attached hydrogens (primary N) is 1. The molecule has 0 saturated carbocycles. The van der Waals surface area contributed by atoms with Crippen LogP contribution in [0.2, 0.25) is 0 Å². The third kappa shape index (κ3) is 5.02. The van der Waals surface area contributed by atoms with Crippen LogP contribution < -0.4 is 15.5 Å². The molecule has 1 heterocycles. The Bertz CT molecular complexity index is 417. The number of nitrogens with zero attached hydrogens (tertiary/aromatic N) is 5. The van der Waals surface area contributed by atoms with Crippen molar-refractivity contribution in [2.24, 2.45) is 0 Å². The van der Waals surface area contributed by atoms with E-state index in [0.29, 0.717) is 23.9 Å². The van der Waals surface area contributed by atoms with Gasteiger partial charge in [-0.2, -0.15) is 15.0 Å². The maximum atomic E-state index is 5.88. The zero-order chi connectivity index (χ0) is 15.8. The fourth-order valence-corrected chi connectivity index (χ4v) is 2.27. The molecule has 1 aromatic heterocycles. The van der Waals surface area contributed by atoms with Crippen molar-refractivity contribution in [2.75, 3.05) is 35.2 Å². The standard InChI is InChI=1S/C15H30N6/c1-6-9-10-11-21(12(4)5)15-18-13(16)17-14(19-15)20(7-2)8-3/h12H,6-11H2,1-5H3,(H2,16,17,18,19). The van der Waals surface area contributed by atoms with E-state index in [1.807, 2.05) is 0 Å². The third-order valence-corrected chi connectivity index (χ3v) is 3.56. The second-order valence-electron chi connectivity index (χ2n) is 5.46. The van der Waals surface area contributed by atoms with Gasteiger partial charge in [-0.3, -0.25) is 0 Å². The van der Waals surface area contributed by atoms with Gasteiger partial charge in [-0.25, -0.2) is 0 Å². The lowest BCUT2D eigenvalue weighted by atomic mass is 10.2. The van der Waals surface area contributed by atoms with Crippen LogP contribution in [0.4, 0.5) is 17.8 Å². The minimum atomic E-state index is 0.294. The normalized spacial score (nSPS) is 11.0. The van der Waals surface area contributed by atoms with Crippen LogP contribution in [-0.4, -0.2) is 40.6 Å². The van der Waals surface area contributed by atoms with Crippen molar-refractivity contribution in [3.05, 3.63) is 0 Å². The molecule has 1 aromatic rings. The topological polar surface area (TPSA) is 71.2 Å². The van der Waals surface area contributed by atoms with Gasteiger partial charge in [0.25, 0.3) is 0 Å². The number of unbranched alkanes of at least 4 members (excludes halogenated alkanes) is 2. The number of hydrogen-bond donors (Lipinski definition) is 1. The highest BCUT2D eigenvalue weighted by molar-refractivity contribution is 5.43. The van der Waals surface area contributed by atoms with Crippen LogP contribution in [-0.2, 0) is 0 Å². The monoisotopic (exact) mass is 294 g/mol. The molecule has 6 nitrogen and oxygen atoms in total. The van der Waals surface area contributed by atoms with Crippen LogP contribution in [0.5, 0.6) is 0 Å². The van der Waals surface area contributed by atoms with Crippen molar-refractivity contribution < 1.29 is 0 Å². The molecule has 0 saturated heterocycles. The molecule has 0 aromatic carbocycles. The van der Waals surface area contributed by atoms with Crippen LogP contribution in [0.1, 0.15) is 53.9 Å². The summed E-state index contributed by atoms with van der Waals surface area (Å²) < 4.78 is 0. The lowest BCUT2D eigenvalue weighted by molar-refractivity contribution is 0.610. The van der Waals surface area contributed by atoms with E-state index >= 15 is 0 Å². The molecule has 0 fully saturated rings. The minimum Gasteiger partial charge on any atom is -0.368 e. The summed E-state index contributed by atoms with van der Waals surface area (Å²) in [5.74, 6) is 1.65. The quantitative estimate of drug-likeness (QED) is 0.706. The second-order valence-corrected chi connectivity index (χ2v) is 5.46. The van der Waals surface area contributed by atoms with E-state index in [0.717, 1.165) is 26.1 Å². The van der Waals surface area contributed by atoms with E-state index in [-0.39, 0.29) is 0 Å². The molecule has 0 aliphatic carbocycles. The molecule has 0 amide bonds. The van der Waals surface area contributed by atoms with Crippen LogP contribution in [0.3, 0.4) is 0 Å². The molecule has 0 unspecified atom stereocenters.